The third kappa shape index (κ3) is 3.06. The number of nitrogens with zero attached hydrogens (tertiary/aromatic N) is 2. The summed E-state index contributed by atoms with van der Waals surface area (Å²) in [6.07, 6.45) is -2.52. The van der Waals surface area contributed by atoms with Gasteiger partial charge in [-0.2, -0.15) is 4.98 Å². The van der Waals surface area contributed by atoms with Crippen molar-refractivity contribution in [1.82, 2.24) is 9.55 Å². The minimum Gasteiger partial charge on any atom is -0.364 e. The van der Waals surface area contributed by atoms with Gasteiger partial charge in [-0.15, -0.1) is 0 Å². The summed E-state index contributed by atoms with van der Waals surface area (Å²) < 4.78 is 26.4. The van der Waals surface area contributed by atoms with Crippen LogP contribution in [-0.2, 0) is 0 Å². The van der Waals surface area contributed by atoms with E-state index in [1.54, 1.807) is 18.2 Å². The zero-order valence-corrected chi connectivity index (χ0v) is 12.5. The SMILES string of the molecule is Cc1ccc2c(NCC(F)F)nc(=O)n(-c3ccccc3)c2c1. The average molecular weight is 315 g/mol. The number of hydrogen-bond donors (Lipinski definition) is 1. The van der Waals surface area contributed by atoms with E-state index in [0.29, 0.717) is 16.6 Å². The fourth-order valence-electron chi connectivity index (χ4n) is 2.47. The van der Waals surface area contributed by atoms with Crippen molar-refractivity contribution in [3.05, 3.63) is 64.6 Å². The highest BCUT2D eigenvalue weighted by Crippen LogP contribution is 2.23. The monoisotopic (exact) mass is 315 g/mol. The molecule has 1 N–H and O–H groups in total. The standard InChI is InChI=1S/C17H15F2N3O/c1-11-7-8-13-14(9-11)22(12-5-3-2-4-6-12)17(23)21-16(13)20-10-15(18)19/h2-9,15H,10H2,1H3,(H,20,21,23). The number of para-hydroxylation sites is 1. The third-order valence-corrected chi connectivity index (χ3v) is 3.49. The van der Waals surface area contributed by atoms with Crippen LogP contribution >= 0.6 is 0 Å². The van der Waals surface area contributed by atoms with Gasteiger partial charge in [0.15, 0.2) is 0 Å². The first kappa shape index (κ1) is 15.1. The van der Waals surface area contributed by atoms with Gasteiger partial charge in [-0.1, -0.05) is 24.3 Å². The molecule has 0 bridgehead atoms. The van der Waals surface area contributed by atoms with Gasteiger partial charge in [0.1, 0.15) is 5.82 Å². The van der Waals surface area contributed by atoms with Gasteiger partial charge in [0, 0.05) is 5.39 Å². The Morgan fingerprint density at radius 3 is 2.61 bits per heavy atom. The molecule has 0 spiro atoms. The molecule has 0 amide bonds. The molecule has 4 nitrogen and oxygen atoms in total. The Morgan fingerprint density at radius 2 is 1.91 bits per heavy atom. The molecule has 3 rings (SSSR count). The Hall–Kier alpha value is -2.76. The zero-order valence-electron chi connectivity index (χ0n) is 12.5. The average Bonchev–Trinajstić information content (AvgIpc) is 2.53. The summed E-state index contributed by atoms with van der Waals surface area (Å²) in [7, 11) is 0. The van der Waals surface area contributed by atoms with Crippen molar-refractivity contribution in [2.24, 2.45) is 0 Å². The van der Waals surface area contributed by atoms with E-state index < -0.39 is 18.7 Å². The number of halogens is 2. The number of benzene rings is 2. The van der Waals surface area contributed by atoms with Crippen LogP contribution < -0.4 is 11.0 Å². The Labute approximate surface area is 131 Å². The highest BCUT2D eigenvalue weighted by Gasteiger charge is 2.13. The molecule has 0 aliphatic rings. The van der Waals surface area contributed by atoms with Crippen LogP contribution in [0.3, 0.4) is 0 Å². The molecule has 3 aromatic rings. The molecular weight excluding hydrogens is 300 g/mol. The van der Waals surface area contributed by atoms with Gasteiger partial charge in [-0.05, 0) is 36.8 Å². The second kappa shape index (κ2) is 6.16. The van der Waals surface area contributed by atoms with E-state index in [1.165, 1.54) is 4.57 Å². The molecule has 6 heteroatoms. The van der Waals surface area contributed by atoms with Crippen LogP contribution in [0.5, 0.6) is 0 Å². The van der Waals surface area contributed by atoms with Gasteiger partial charge in [0.25, 0.3) is 6.43 Å². The van der Waals surface area contributed by atoms with E-state index >= 15 is 0 Å². The predicted molar refractivity (Wildman–Crippen MR) is 86.6 cm³/mol. The molecule has 0 saturated heterocycles. The molecule has 2 aromatic carbocycles. The number of alkyl halides is 2. The molecule has 0 aliphatic heterocycles. The highest BCUT2D eigenvalue weighted by atomic mass is 19.3. The quantitative estimate of drug-likeness (QED) is 0.803. The van der Waals surface area contributed by atoms with Crippen molar-refractivity contribution in [3.8, 4) is 5.69 Å². The van der Waals surface area contributed by atoms with Crippen LogP contribution in [0.4, 0.5) is 14.6 Å². The van der Waals surface area contributed by atoms with Gasteiger partial charge in [-0.3, -0.25) is 4.57 Å². The first-order valence-corrected chi connectivity index (χ1v) is 7.17. The second-order valence-corrected chi connectivity index (χ2v) is 5.21. The first-order valence-electron chi connectivity index (χ1n) is 7.17. The summed E-state index contributed by atoms with van der Waals surface area (Å²) in [5, 5.41) is 3.18. The molecule has 0 unspecified atom stereocenters. The molecule has 0 radical (unpaired) electrons. The van der Waals surface area contributed by atoms with Crippen molar-refractivity contribution in [1.29, 1.82) is 0 Å². The van der Waals surface area contributed by atoms with Crippen LogP contribution in [0.2, 0.25) is 0 Å². The minimum absolute atomic E-state index is 0.178. The number of aryl methyl sites for hydroxylation is 1. The molecule has 118 valence electrons. The van der Waals surface area contributed by atoms with Crippen LogP contribution in [0.1, 0.15) is 5.56 Å². The predicted octanol–water partition coefficient (Wildman–Crippen LogP) is 3.37. The van der Waals surface area contributed by atoms with Gasteiger partial charge in [0.2, 0.25) is 0 Å². The first-order chi connectivity index (χ1) is 11.1. The number of aromatic nitrogens is 2. The third-order valence-electron chi connectivity index (χ3n) is 3.49. The van der Waals surface area contributed by atoms with Crippen molar-refractivity contribution >= 4 is 16.7 Å². The van der Waals surface area contributed by atoms with Crippen molar-refractivity contribution in [2.45, 2.75) is 13.3 Å². The summed E-state index contributed by atoms with van der Waals surface area (Å²) in [5.41, 5.74) is 1.77. The second-order valence-electron chi connectivity index (χ2n) is 5.21. The Kier molecular flexibility index (Phi) is 4.06. The van der Waals surface area contributed by atoms with E-state index in [2.05, 4.69) is 10.3 Å². The molecule has 1 heterocycles. The fourth-order valence-corrected chi connectivity index (χ4v) is 2.47. The van der Waals surface area contributed by atoms with Gasteiger partial charge < -0.3 is 5.32 Å². The van der Waals surface area contributed by atoms with E-state index in [1.807, 2.05) is 37.3 Å². The topological polar surface area (TPSA) is 46.9 Å². The Bertz CT molecular complexity index is 891. The lowest BCUT2D eigenvalue weighted by Crippen LogP contribution is -2.24. The van der Waals surface area contributed by atoms with Crippen molar-refractivity contribution < 1.29 is 8.78 Å². The van der Waals surface area contributed by atoms with Crippen LogP contribution in [-0.4, -0.2) is 22.5 Å². The van der Waals surface area contributed by atoms with Gasteiger partial charge >= 0.3 is 5.69 Å². The molecule has 0 aliphatic carbocycles. The van der Waals surface area contributed by atoms with E-state index in [4.69, 9.17) is 0 Å². The van der Waals surface area contributed by atoms with E-state index in [9.17, 15) is 13.6 Å². The van der Waals surface area contributed by atoms with E-state index in [-0.39, 0.29) is 5.82 Å². The Morgan fingerprint density at radius 1 is 1.17 bits per heavy atom. The zero-order chi connectivity index (χ0) is 16.4. The lowest BCUT2D eigenvalue weighted by atomic mass is 10.1. The number of rotatable bonds is 4. The van der Waals surface area contributed by atoms with Crippen molar-refractivity contribution in [2.75, 3.05) is 11.9 Å². The summed E-state index contributed by atoms with van der Waals surface area (Å²) in [6, 6.07) is 14.6. The molecule has 0 fully saturated rings. The maximum atomic E-state index is 12.5. The summed E-state index contributed by atoms with van der Waals surface area (Å²) >= 11 is 0. The maximum Gasteiger partial charge on any atom is 0.354 e. The van der Waals surface area contributed by atoms with Crippen molar-refractivity contribution in [3.63, 3.8) is 0 Å². The van der Waals surface area contributed by atoms with Gasteiger partial charge in [0.05, 0.1) is 17.7 Å². The number of hydrogen-bond acceptors (Lipinski definition) is 3. The lowest BCUT2D eigenvalue weighted by molar-refractivity contribution is 0.163. The van der Waals surface area contributed by atoms with Crippen LogP contribution in [0, 0.1) is 6.92 Å². The Balaban J connectivity index is 2.26. The van der Waals surface area contributed by atoms with Crippen LogP contribution in [0.25, 0.3) is 16.6 Å². The van der Waals surface area contributed by atoms with Crippen LogP contribution in [0.15, 0.2) is 53.3 Å². The normalized spacial score (nSPS) is 11.1. The lowest BCUT2D eigenvalue weighted by Gasteiger charge is -2.14. The largest absolute Gasteiger partial charge is 0.364 e. The highest BCUT2D eigenvalue weighted by molar-refractivity contribution is 5.90. The maximum absolute atomic E-state index is 12.5. The summed E-state index contributed by atoms with van der Waals surface area (Å²) in [6.45, 7) is 1.36. The number of fused-ring (bicyclic) bond motifs is 1. The summed E-state index contributed by atoms with van der Waals surface area (Å²) in [5.74, 6) is 0.178. The molecule has 1 aromatic heterocycles. The summed E-state index contributed by atoms with van der Waals surface area (Å²) in [4.78, 5) is 16.4. The molecule has 0 atom stereocenters. The number of anilines is 1. The smallest absolute Gasteiger partial charge is 0.354 e. The number of nitrogens with one attached hydrogen (secondary N) is 1. The fraction of sp³-hybridized carbons (Fsp3) is 0.176. The van der Waals surface area contributed by atoms with E-state index in [0.717, 1.165) is 5.56 Å². The minimum atomic E-state index is -2.52. The molecule has 23 heavy (non-hydrogen) atoms. The van der Waals surface area contributed by atoms with Gasteiger partial charge in [-0.25, -0.2) is 13.6 Å². The molecule has 0 saturated carbocycles. The molecular formula is C17H15F2N3O.